The van der Waals surface area contributed by atoms with Gasteiger partial charge in [-0.25, -0.2) is 4.79 Å². The Morgan fingerprint density at radius 3 is 2.37 bits per heavy atom. The van der Waals surface area contributed by atoms with Crippen LogP contribution in [0, 0.1) is 0 Å². The molecule has 8 nitrogen and oxygen atoms in total. The molecule has 1 aliphatic rings. The van der Waals surface area contributed by atoms with Crippen LogP contribution in [0.25, 0.3) is 0 Å². The van der Waals surface area contributed by atoms with Gasteiger partial charge in [0.1, 0.15) is 5.60 Å². The van der Waals surface area contributed by atoms with E-state index < -0.39 is 11.7 Å². The van der Waals surface area contributed by atoms with E-state index >= 15 is 0 Å². The number of carbonyl (C=O) groups excluding carboxylic acids is 1. The van der Waals surface area contributed by atoms with Gasteiger partial charge in [-0.3, -0.25) is 9.89 Å². The Bertz CT molecular complexity index is 455. The number of hydrogen-bond donors (Lipinski definition) is 3. The minimum Gasteiger partial charge on any atom is -0.444 e. The number of nitrogens with zero attached hydrogens (tertiary/aromatic N) is 2. The predicted octanol–water partition coefficient (Wildman–Crippen LogP) is 1.57. The van der Waals surface area contributed by atoms with Gasteiger partial charge < -0.3 is 25.4 Å². The summed E-state index contributed by atoms with van der Waals surface area (Å²) in [4.78, 5) is 18.7. The third-order valence-corrected chi connectivity index (χ3v) is 3.83. The van der Waals surface area contributed by atoms with Crippen LogP contribution in [0.4, 0.5) is 4.79 Å². The molecule has 0 bridgehead atoms. The van der Waals surface area contributed by atoms with Crippen molar-refractivity contribution in [2.45, 2.75) is 65.8 Å². The van der Waals surface area contributed by atoms with Gasteiger partial charge >= 0.3 is 6.09 Å². The minimum absolute atomic E-state index is 0.300. The van der Waals surface area contributed by atoms with E-state index in [-0.39, 0.29) is 0 Å². The number of hydrogen-bond acceptors (Lipinski definition) is 5. The summed E-state index contributed by atoms with van der Waals surface area (Å²) in [7, 11) is 0. The fourth-order valence-corrected chi connectivity index (χ4v) is 2.95. The van der Waals surface area contributed by atoms with Crippen LogP contribution < -0.4 is 16.0 Å². The predicted molar refractivity (Wildman–Crippen MR) is 109 cm³/mol. The lowest BCUT2D eigenvalue weighted by molar-refractivity contribution is -0.0679. The molecule has 0 aromatic heterocycles. The third-order valence-electron chi connectivity index (χ3n) is 3.83. The lowest BCUT2D eigenvalue weighted by Gasteiger charge is -2.35. The van der Waals surface area contributed by atoms with Crippen LogP contribution in [-0.2, 0) is 9.47 Å². The second-order valence-electron chi connectivity index (χ2n) is 7.99. The Hall–Kier alpha value is -1.54. The number of rotatable bonds is 8. The Kier molecular flexibility index (Phi) is 10.5. The summed E-state index contributed by atoms with van der Waals surface area (Å²) < 4.78 is 11.0. The van der Waals surface area contributed by atoms with Gasteiger partial charge in [0.2, 0.25) is 0 Å². The van der Waals surface area contributed by atoms with Crippen molar-refractivity contribution < 1.29 is 14.3 Å². The van der Waals surface area contributed by atoms with E-state index in [1.165, 1.54) is 0 Å². The Labute approximate surface area is 164 Å². The minimum atomic E-state index is -0.482. The molecule has 0 aromatic carbocycles. The molecule has 27 heavy (non-hydrogen) atoms. The molecule has 0 saturated carbocycles. The molecular weight excluding hydrogens is 346 g/mol. The summed E-state index contributed by atoms with van der Waals surface area (Å²) in [6, 6.07) is 0. The van der Waals surface area contributed by atoms with Crippen molar-refractivity contribution in [2.75, 3.05) is 45.8 Å². The van der Waals surface area contributed by atoms with E-state index in [0.29, 0.717) is 25.3 Å². The average molecular weight is 386 g/mol. The molecule has 1 rings (SSSR count). The number of guanidine groups is 1. The number of alkyl carbamates (subject to hydrolysis) is 1. The fourth-order valence-electron chi connectivity index (χ4n) is 2.95. The molecule has 0 aromatic rings. The molecule has 2 unspecified atom stereocenters. The van der Waals surface area contributed by atoms with Crippen LogP contribution >= 0.6 is 0 Å². The molecule has 0 radical (unpaired) electrons. The van der Waals surface area contributed by atoms with Gasteiger partial charge in [-0.1, -0.05) is 0 Å². The van der Waals surface area contributed by atoms with Crippen molar-refractivity contribution in [2.24, 2.45) is 4.99 Å². The second-order valence-corrected chi connectivity index (χ2v) is 7.99. The number of amides is 1. The normalized spacial score (nSPS) is 21.6. The smallest absolute Gasteiger partial charge is 0.407 e. The number of ether oxygens (including phenoxy) is 2. The van der Waals surface area contributed by atoms with E-state index in [4.69, 9.17) is 9.47 Å². The zero-order valence-corrected chi connectivity index (χ0v) is 17.9. The maximum atomic E-state index is 11.6. The van der Waals surface area contributed by atoms with Crippen molar-refractivity contribution in [1.29, 1.82) is 0 Å². The first kappa shape index (κ1) is 23.5. The highest BCUT2D eigenvalue weighted by Gasteiger charge is 2.21. The first-order valence-corrected chi connectivity index (χ1v) is 10.1. The monoisotopic (exact) mass is 385 g/mol. The molecule has 1 fully saturated rings. The first-order chi connectivity index (χ1) is 12.7. The lowest BCUT2D eigenvalue weighted by Crippen LogP contribution is -2.45. The van der Waals surface area contributed by atoms with Crippen molar-refractivity contribution in [3.63, 3.8) is 0 Å². The lowest BCUT2D eigenvalue weighted by atomic mass is 10.2. The highest BCUT2D eigenvalue weighted by molar-refractivity contribution is 5.79. The van der Waals surface area contributed by atoms with Crippen LogP contribution in [-0.4, -0.2) is 80.6 Å². The van der Waals surface area contributed by atoms with Gasteiger partial charge in [-0.2, -0.15) is 0 Å². The van der Waals surface area contributed by atoms with E-state index in [1.807, 2.05) is 27.7 Å². The maximum Gasteiger partial charge on any atom is 0.407 e. The van der Waals surface area contributed by atoms with Crippen LogP contribution in [0.5, 0.6) is 0 Å². The van der Waals surface area contributed by atoms with Crippen LogP contribution in [0.2, 0.25) is 0 Å². The third kappa shape index (κ3) is 11.7. The van der Waals surface area contributed by atoms with Crippen molar-refractivity contribution >= 4 is 12.1 Å². The molecule has 0 spiro atoms. The van der Waals surface area contributed by atoms with Gasteiger partial charge in [0.15, 0.2) is 5.96 Å². The van der Waals surface area contributed by atoms with Gasteiger partial charge in [-0.15, -0.1) is 0 Å². The summed E-state index contributed by atoms with van der Waals surface area (Å²) >= 11 is 0. The molecule has 1 heterocycles. The molecule has 2 atom stereocenters. The van der Waals surface area contributed by atoms with Gasteiger partial charge in [0.05, 0.1) is 12.2 Å². The van der Waals surface area contributed by atoms with Crippen molar-refractivity contribution in [3.8, 4) is 0 Å². The van der Waals surface area contributed by atoms with Gasteiger partial charge in [-0.05, 0) is 48.0 Å². The van der Waals surface area contributed by atoms with Crippen LogP contribution in [0.1, 0.15) is 48.0 Å². The number of carbonyl (C=O) groups is 1. The second kappa shape index (κ2) is 12.0. The fraction of sp³-hybridized carbons (Fsp3) is 0.895. The summed E-state index contributed by atoms with van der Waals surface area (Å²) in [5.74, 6) is 0.771. The topological polar surface area (TPSA) is 87.2 Å². The molecule has 1 amide bonds. The zero-order valence-electron chi connectivity index (χ0n) is 17.9. The van der Waals surface area contributed by atoms with Crippen LogP contribution in [0.3, 0.4) is 0 Å². The summed E-state index contributed by atoms with van der Waals surface area (Å²) in [5.41, 5.74) is -0.482. The molecular formula is C19H39N5O3. The highest BCUT2D eigenvalue weighted by atomic mass is 16.6. The van der Waals surface area contributed by atoms with Crippen molar-refractivity contribution in [1.82, 2.24) is 20.9 Å². The van der Waals surface area contributed by atoms with Crippen molar-refractivity contribution in [3.05, 3.63) is 0 Å². The van der Waals surface area contributed by atoms with Crippen LogP contribution in [0.15, 0.2) is 4.99 Å². The molecule has 158 valence electrons. The molecule has 0 aliphatic carbocycles. The SMILES string of the molecule is CCNC(=NCCCN1CC(C)OC(C)C1)NCCNC(=O)OC(C)(C)C. The van der Waals surface area contributed by atoms with E-state index in [2.05, 4.69) is 39.7 Å². The maximum absolute atomic E-state index is 11.6. The quantitative estimate of drug-likeness (QED) is 0.334. The first-order valence-electron chi connectivity index (χ1n) is 10.1. The highest BCUT2D eigenvalue weighted by Crippen LogP contribution is 2.10. The standard InChI is InChI=1S/C19H39N5O3/c1-7-20-17(22-10-11-23-18(25)27-19(4,5)6)21-9-8-12-24-13-15(2)26-16(3)14-24/h15-16H,7-14H2,1-6H3,(H,23,25)(H2,20,21,22). The van der Waals surface area contributed by atoms with E-state index in [9.17, 15) is 4.79 Å². The van der Waals surface area contributed by atoms with Gasteiger partial charge in [0.25, 0.3) is 0 Å². The Morgan fingerprint density at radius 2 is 1.78 bits per heavy atom. The summed E-state index contributed by atoms with van der Waals surface area (Å²) in [6.07, 6.45) is 1.20. The summed E-state index contributed by atoms with van der Waals surface area (Å²) in [6.45, 7) is 17.4. The molecule has 8 heteroatoms. The zero-order chi connectivity index (χ0) is 20.3. The Balaban J connectivity index is 2.24. The number of nitrogens with one attached hydrogen (secondary N) is 3. The number of morpholine rings is 1. The Morgan fingerprint density at radius 1 is 1.15 bits per heavy atom. The van der Waals surface area contributed by atoms with Gasteiger partial charge in [0, 0.05) is 45.8 Å². The molecule has 3 N–H and O–H groups in total. The largest absolute Gasteiger partial charge is 0.444 e. The molecule has 1 aliphatic heterocycles. The summed E-state index contributed by atoms with van der Waals surface area (Å²) in [5, 5.41) is 9.18. The average Bonchev–Trinajstić information content (AvgIpc) is 2.52. The van der Waals surface area contributed by atoms with E-state index in [1.54, 1.807) is 0 Å². The molecule has 1 saturated heterocycles. The number of aliphatic imine (C=N–C) groups is 1. The van der Waals surface area contributed by atoms with E-state index in [0.717, 1.165) is 45.1 Å².